The van der Waals surface area contributed by atoms with Crippen LogP contribution in [-0.4, -0.2) is 72.1 Å². The molecular weight excluding hydrogens is 348 g/mol. The number of piperidine rings is 2. The summed E-state index contributed by atoms with van der Waals surface area (Å²) in [6.07, 6.45) is 3.94. The Kier molecular flexibility index (Phi) is 6.01. The Morgan fingerprint density at radius 1 is 1.00 bits per heavy atom. The Labute approximate surface area is 162 Å². The van der Waals surface area contributed by atoms with Gasteiger partial charge in [-0.15, -0.1) is 0 Å². The van der Waals surface area contributed by atoms with Crippen molar-refractivity contribution in [2.75, 3.05) is 32.8 Å². The zero-order valence-electron chi connectivity index (χ0n) is 17.2. The predicted octanol–water partition coefficient (Wildman–Crippen LogP) is 2.78. The number of likely N-dealkylation sites (tertiary alicyclic amines) is 2. The van der Waals surface area contributed by atoms with Gasteiger partial charge < -0.3 is 19.1 Å². The molecule has 0 aromatic heterocycles. The number of amides is 2. The number of carbonyl (C=O) groups is 2. The Morgan fingerprint density at radius 3 is 2.22 bits per heavy atom. The summed E-state index contributed by atoms with van der Waals surface area (Å²) < 4.78 is 17.1. The quantitative estimate of drug-likeness (QED) is 0.735. The van der Waals surface area contributed by atoms with Crippen molar-refractivity contribution >= 4 is 12.0 Å². The monoisotopic (exact) mass is 382 g/mol. The molecule has 2 amide bonds. The van der Waals surface area contributed by atoms with E-state index in [1.807, 2.05) is 32.6 Å². The summed E-state index contributed by atoms with van der Waals surface area (Å²) in [5.74, 6) is -0.155. The van der Waals surface area contributed by atoms with Gasteiger partial charge in [-0.3, -0.25) is 9.69 Å². The molecule has 154 valence electrons. The van der Waals surface area contributed by atoms with Crippen LogP contribution in [0.15, 0.2) is 0 Å². The lowest BCUT2D eigenvalue weighted by molar-refractivity contribution is -0.192. The van der Waals surface area contributed by atoms with Gasteiger partial charge >= 0.3 is 6.09 Å². The summed E-state index contributed by atoms with van der Waals surface area (Å²) >= 11 is 0. The highest BCUT2D eigenvalue weighted by Gasteiger charge is 2.43. The number of carbonyl (C=O) groups excluding carboxylic acids is 2. The molecule has 3 saturated heterocycles. The highest BCUT2D eigenvalue weighted by molar-refractivity contribution is 5.86. The smallest absolute Gasteiger partial charge is 0.410 e. The minimum atomic E-state index is -0.558. The average Bonchev–Trinajstić information content (AvgIpc) is 3.08. The highest BCUT2D eigenvalue weighted by atomic mass is 16.7. The minimum Gasteiger partial charge on any atom is -0.444 e. The first-order chi connectivity index (χ1) is 12.7. The van der Waals surface area contributed by atoms with E-state index in [1.54, 1.807) is 4.90 Å². The number of nitrogens with zero attached hydrogens (tertiary/aromatic N) is 2. The van der Waals surface area contributed by atoms with Gasteiger partial charge in [0.2, 0.25) is 5.91 Å². The largest absolute Gasteiger partial charge is 0.444 e. The molecule has 3 aliphatic rings. The second-order valence-electron chi connectivity index (χ2n) is 9.00. The number of hydrogen-bond acceptors (Lipinski definition) is 5. The number of hydrogen-bond donors (Lipinski definition) is 0. The van der Waals surface area contributed by atoms with Gasteiger partial charge in [0.25, 0.3) is 0 Å². The third kappa shape index (κ3) is 4.74. The van der Waals surface area contributed by atoms with Gasteiger partial charge in [-0.05, 0) is 59.8 Å². The summed E-state index contributed by atoms with van der Waals surface area (Å²) in [4.78, 5) is 29.3. The lowest BCUT2D eigenvalue weighted by atomic mass is 9.88. The normalized spacial score (nSPS) is 26.9. The van der Waals surface area contributed by atoms with Gasteiger partial charge in [-0.1, -0.05) is 0 Å². The van der Waals surface area contributed by atoms with Gasteiger partial charge in [-0.25, -0.2) is 4.79 Å². The van der Waals surface area contributed by atoms with Crippen molar-refractivity contribution in [2.24, 2.45) is 5.92 Å². The van der Waals surface area contributed by atoms with E-state index in [0.29, 0.717) is 45.2 Å². The van der Waals surface area contributed by atoms with Crippen LogP contribution in [0.25, 0.3) is 0 Å². The summed E-state index contributed by atoms with van der Waals surface area (Å²) in [6.45, 7) is 10.8. The fraction of sp³-hybridized carbons (Fsp3) is 0.900. The molecule has 3 fully saturated rings. The molecule has 0 aliphatic carbocycles. The molecule has 0 aromatic carbocycles. The first-order valence-corrected chi connectivity index (χ1v) is 10.3. The Hall–Kier alpha value is -1.34. The third-order valence-electron chi connectivity index (χ3n) is 5.82. The molecule has 7 nitrogen and oxygen atoms in total. The zero-order chi connectivity index (χ0) is 19.7. The van der Waals surface area contributed by atoms with E-state index in [4.69, 9.17) is 14.2 Å². The van der Waals surface area contributed by atoms with Crippen LogP contribution < -0.4 is 0 Å². The molecule has 0 spiro atoms. The topological polar surface area (TPSA) is 68.3 Å². The predicted molar refractivity (Wildman–Crippen MR) is 100 cm³/mol. The van der Waals surface area contributed by atoms with E-state index in [9.17, 15) is 9.59 Å². The van der Waals surface area contributed by atoms with Crippen LogP contribution in [0.5, 0.6) is 0 Å². The van der Waals surface area contributed by atoms with Crippen LogP contribution in [0.3, 0.4) is 0 Å². The first kappa shape index (κ1) is 20.4. The molecule has 3 aliphatic heterocycles. The molecule has 0 aromatic rings. The highest BCUT2D eigenvalue weighted by Crippen LogP contribution is 2.35. The van der Waals surface area contributed by atoms with Crippen molar-refractivity contribution in [3.63, 3.8) is 0 Å². The van der Waals surface area contributed by atoms with E-state index >= 15 is 0 Å². The summed E-state index contributed by atoms with van der Waals surface area (Å²) in [7, 11) is 0. The molecule has 1 atom stereocenters. The number of ether oxygens (including phenoxy) is 3. The fourth-order valence-corrected chi connectivity index (χ4v) is 4.33. The molecule has 0 N–H and O–H groups in total. The van der Waals surface area contributed by atoms with E-state index in [2.05, 4.69) is 0 Å². The maximum Gasteiger partial charge on any atom is 0.410 e. The molecule has 27 heavy (non-hydrogen) atoms. The van der Waals surface area contributed by atoms with Crippen molar-refractivity contribution in [3.8, 4) is 0 Å². The van der Waals surface area contributed by atoms with E-state index < -0.39 is 17.4 Å². The molecule has 0 radical (unpaired) electrons. The van der Waals surface area contributed by atoms with E-state index in [1.165, 1.54) is 0 Å². The standard InChI is InChI=1S/C20H34N2O5/c1-19(2,3)27-18(24)22-10-6-5-7-16(22)17(23)21-11-8-15(9-12-21)20(4)25-13-14-26-20/h15-16H,5-14H2,1-4H3. The van der Waals surface area contributed by atoms with Crippen LogP contribution >= 0.6 is 0 Å². The molecular formula is C20H34N2O5. The van der Waals surface area contributed by atoms with Crippen molar-refractivity contribution < 1.29 is 23.8 Å². The second-order valence-corrected chi connectivity index (χ2v) is 9.00. The van der Waals surface area contributed by atoms with Gasteiger partial charge in [0.15, 0.2) is 5.79 Å². The average molecular weight is 383 g/mol. The minimum absolute atomic E-state index is 0.0532. The van der Waals surface area contributed by atoms with Gasteiger partial charge in [0.05, 0.1) is 13.2 Å². The van der Waals surface area contributed by atoms with E-state index in [0.717, 1.165) is 25.7 Å². The maximum atomic E-state index is 13.2. The Balaban J connectivity index is 1.59. The van der Waals surface area contributed by atoms with Crippen molar-refractivity contribution in [2.45, 2.75) is 77.2 Å². The lowest BCUT2D eigenvalue weighted by Gasteiger charge is -2.42. The van der Waals surface area contributed by atoms with Crippen molar-refractivity contribution in [1.82, 2.24) is 9.80 Å². The summed E-state index contributed by atoms with van der Waals surface area (Å²) in [5.41, 5.74) is -0.558. The molecule has 1 unspecified atom stereocenters. The maximum absolute atomic E-state index is 13.2. The van der Waals surface area contributed by atoms with Gasteiger partial charge in [-0.2, -0.15) is 0 Å². The summed E-state index contributed by atoms with van der Waals surface area (Å²) in [5, 5.41) is 0. The van der Waals surface area contributed by atoms with Crippen LogP contribution in [0, 0.1) is 5.92 Å². The van der Waals surface area contributed by atoms with Crippen LogP contribution in [0.2, 0.25) is 0 Å². The third-order valence-corrected chi connectivity index (χ3v) is 5.82. The molecule has 0 saturated carbocycles. The lowest BCUT2D eigenvalue weighted by Crippen LogP contribution is -2.56. The van der Waals surface area contributed by atoms with Crippen LogP contribution in [-0.2, 0) is 19.0 Å². The molecule has 0 bridgehead atoms. The van der Waals surface area contributed by atoms with Crippen molar-refractivity contribution in [1.29, 1.82) is 0 Å². The summed E-state index contributed by atoms with van der Waals surface area (Å²) in [6, 6.07) is -0.403. The van der Waals surface area contributed by atoms with Crippen molar-refractivity contribution in [3.05, 3.63) is 0 Å². The Morgan fingerprint density at radius 2 is 1.63 bits per heavy atom. The molecule has 3 heterocycles. The van der Waals surface area contributed by atoms with E-state index in [-0.39, 0.29) is 12.0 Å². The molecule has 7 heteroatoms. The Bertz CT molecular complexity index is 545. The first-order valence-electron chi connectivity index (χ1n) is 10.3. The van der Waals surface area contributed by atoms with Crippen LogP contribution in [0.4, 0.5) is 4.79 Å². The van der Waals surface area contributed by atoms with Gasteiger partial charge in [0, 0.05) is 25.6 Å². The number of rotatable bonds is 2. The SMILES string of the molecule is CC(C)(C)OC(=O)N1CCCCC1C(=O)N1CCC(C2(C)OCCO2)CC1. The molecule has 3 rings (SSSR count). The van der Waals surface area contributed by atoms with Gasteiger partial charge in [0.1, 0.15) is 11.6 Å². The van der Waals surface area contributed by atoms with Crippen LogP contribution in [0.1, 0.15) is 59.8 Å². The fourth-order valence-electron chi connectivity index (χ4n) is 4.33. The zero-order valence-corrected chi connectivity index (χ0v) is 17.2. The second kappa shape index (κ2) is 7.95.